The Kier molecular flexibility index (Phi) is 4.51. The minimum atomic E-state index is 0.522. The molecule has 22 heavy (non-hydrogen) atoms. The van der Waals surface area contributed by atoms with Crippen molar-refractivity contribution in [1.29, 1.82) is 0 Å². The Balaban J connectivity index is 1.94. The van der Waals surface area contributed by atoms with Crippen LogP contribution in [0.25, 0.3) is 11.5 Å². The molecule has 0 saturated heterocycles. The predicted octanol–water partition coefficient (Wildman–Crippen LogP) is 3.32. The number of nitrogens with zero attached hydrogens (tertiary/aromatic N) is 4. The number of hydrogen-bond donors (Lipinski definition) is 0. The van der Waals surface area contributed by atoms with Gasteiger partial charge in [0.25, 0.3) is 0 Å². The van der Waals surface area contributed by atoms with E-state index in [-0.39, 0.29) is 0 Å². The quantitative estimate of drug-likeness (QED) is 0.866. The number of anilines is 1. The number of methoxy groups -OCH3 is 1. The number of ether oxygens (including phenoxy) is 1. The molecule has 2 heterocycles. The van der Waals surface area contributed by atoms with Crippen molar-refractivity contribution < 1.29 is 4.74 Å². The van der Waals surface area contributed by atoms with Gasteiger partial charge in [-0.15, -0.1) is 0 Å². The first-order chi connectivity index (χ1) is 10.8. The highest BCUT2D eigenvalue weighted by Gasteiger charge is 2.22. The molecule has 2 aromatic rings. The second-order valence-corrected chi connectivity index (χ2v) is 5.70. The molecule has 0 radical (unpaired) electrons. The maximum absolute atomic E-state index is 5.46. The molecule has 0 amide bonds. The normalized spacial score (nSPS) is 15.5. The minimum Gasteiger partial charge on any atom is -0.491 e. The van der Waals surface area contributed by atoms with Crippen molar-refractivity contribution >= 4 is 5.82 Å². The smallest absolute Gasteiger partial charge is 0.180 e. The van der Waals surface area contributed by atoms with E-state index in [0.29, 0.717) is 17.6 Å². The molecule has 5 nitrogen and oxygen atoms in total. The Morgan fingerprint density at radius 1 is 1.14 bits per heavy atom. The van der Waals surface area contributed by atoms with Gasteiger partial charge in [0.15, 0.2) is 17.4 Å². The summed E-state index contributed by atoms with van der Waals surface area (Å²) in [6.07, 6.45) is 9.83. The topological polar surface area (TPSA) is 51.1 Å². The fraction of sp³-hybridized carbons (Fsp3) is 0.471. The van der Waals surface area contributed by atoms with Gasteiger partial charge in [0.1, 0.15) is 5.69 Å². The minimum absolute atomic E-state index is 0.522. The van der Waals surface area contributed by atoms with Crippen molar-refractivity contribution in [2.24, 2.45) is 0 Å². The van der Waals surface area contributed by atoms with Crippen molar-refractivity contribution in [3.05, 3.63) is 30.6 Å². The molecule has 0 aromatic carbocycles. The monoisotopic (exact) mass is 298 g/mol. The van der Waals surface area contributed by atoms with Gasteiger partial charge in [-0.05, 0) is 25.0 Å². The molecule has 3 rings (SSSR count). The summed E-state index contributed by atoms with van der Waals surface area (Å²) in [6.45, 7) is 0. The van der Waals surface area contributed by atoms with Gasteiger partial charge in [0.05, 0.1) is 13.3 Å². The maximum Gasteiger partial charge on any atom is 0.180 e. The average molecular weight is 298 g/mol. The molecular formula is C17H22N4O. The van der Waals surface area contributed by atoms with Crippen LogP contribution in [0.2, 0.25) is 0 Å². The lowest BCUT2D eigenvalue weighted by molar-refractivity contribution is 0.397. The molecule has 1 aliphatic rings. The molecule has 1 fully saturated rings. The summed E-state index contributed by atoms with van der Waals surface area (Å²) in [5.74, 6) is 2.21. The molecule has 0 bridgehead atoms. The lowest BCUT2D eigenvalue weighted by Gasteiger charge is -2.32. The zero-order valence-electron chi connectivity index (χ0n) is 13.2. The van der Waals surface area contributed by atoms with Crippen molar-refractivity contribution in [1.82, 2.24) is 15.0 Å². The van der Waals surface area contributed by atoms with Crippen LogP contribution in [0.5, 0.6) is 5.75 Å². The van der Waals surface area contributed by atoms with Gasteiger partial charge >= 0.3 is 0 Å². The van der Waals surface area contributed by atoms with E-state index in [4.69, 9.17) is 9.72 Å². The van der Waals surface area contributed by atoms with Crippen LogP contribution in [0, 0.1) is 0 Å². The first-order valence-electron chi connectivity index (χ1n) is 7.85. The molecule has 0 atom stereocenters. The van der Waals surface area contributed by atoms with Crippen LogP contribution in [0.15, 0.2) is 30.6 Å². The molecule has 2 aromatic heterocycles. The van der Waals surface area contributed by atoms with Crippen LogP contribution in [0.4, 0.5) is 5.82 Å². The van der Waals surface area contributed by atoms with Crippen LogP contribution in [-0.2, 0) is 0 Å². The van der Waals surface area contributed by atoms with E-state index in [1.54, 1.807) is 19.5 Å². The SMILES string of the molecule is COc1cnc(-c2ccccn2)nc1N(C)C1CCCCC1. The lowest BCUT2D eigenvalue weighted by atomic mass is 9.94. The highest BCUT2D eigenvalue weighted by molar-refractivity contribution is 5.58. The first kappa shape index (κ1) is 14.8. The standard InChI is InChI=1S/C17H22N4O/c1-21(13-8-4-3-5-9-13)17-15(22-2)12-19-16(20-17)14-10-6-7-11-18-14/h6-7,10-13H,3-5,8-9H2,1-2H3. The van der Waals surface area contributed by atoms with Crippen molar-refractivity contribution in [3.8, 4) is 17.3 Å². The summed E-state index contributed by atoms with van der Waals surface area (Å²) in [5.41, 5.74) is 0.781. The second kappa shape index (κ2) is 6.73. The predicted molar refractivity (Wildman–Crippen MR) is 87.1 cm³/mol. The van der Waals surface area contributed by atoms with E-state index in [1.165, 1.54) is 32.1 Å². The van der Waals surface area contributed by atoms with E-state index < -0.39 is 0 Å². The van der Waals surface area contributed by atoms with Crippen LogP contribution in [-0.4, -0.2) is 35.2 Å². The van der Waals surface area contributed by atoms with E-state index in [9.17, 15) is 0 Å². The summed E-state index contributed by atoms with van der Waals surface area (Å²) < 4.78 is 5.46. The fourth-order valence-corrected chi connectivity index (χ4v) is 3.02. The first-order valence-corrected chi connectivity index (χ1v) is 7.85. The van der Waals surface area contributed by atoms with E-state index >= 15 is 0 Å². The van der Waals surface area contributed by atoms with Crippen molar-refractivity contribution in [2.75, 3.05) is 19.1 Å². The van der Waals surface area contributed by atoms with Gasteiger partial charge in [-0.3, -0.25) is 4.98 Å². The van der Waals surface area contributed by atoms with Crippen LogP contribution >= 0.6 is 0 Å². The molecule has 1 saturated carbocycles. The number of pyridine rings is 1. The number of hydrogen-bond acceptors (Lipinski definition) is 5. The summed E-state index contributed by atoms with van der Waals surface area (Å²) in [6, 6.07) is 6.28. The van der Waals surface area contributed by atoms with E-state index in [0.717, 1.165) is 11.5 Å². The summed E-state index contributed by atoms with van der Waals surface area (Å²) >= 11 is 0. The van der Waals surface area contributed by atoms with Crippen LogP contribution in [0.1, 0.15) is 32.1 Å². The van der Waals surface area contributed by atoms with E-state index in [1.807, 2.05) is 18.2 Å². The highest BCUT2D eigenvalue weighted by atomic mass is 16.5. The molecule has 0 aliphatic heterocycles. The highest BCUT2D eigenvalue weighted by Crippen LogP contribution is 2.31. The van der Waals surface area contributed by atoms with Gasteiger partial charge in [-0.1, -0.05) is 25.3 Å². The third-order valence-corrected chi connectivity index (χ3v) is 4.31. The Morgan fingerprint density at radius 3 is 2.64 bits per heavy atom. The number of aromatic nitrogens is 3. The zero-order chi connectivity index (χ0) is 15.4. The van der Waals surface area contributed by atoms with Crippen LogP contribution < -0.4 is 9.64 Å². The Bertz CT molecular complexity index is 611. The third-order valence-electron chi connectivity index (χ3n) is 4.31. The molecule has 116 valence electrons. The van der Waals surface area contributed by atoms with Gasteiger partial charge in [-0.2, -0.15) is 0 Å². The van der Waals surface area contributed by atoms with Crippen molar-refractivity contribution in [2.45, 2.75) is 38.1 Å². The van der Waals surface area contributed by atoms with Gasteiger partial charge < -0.3 is 9.64 Å². The molecule has 0 spiro atoms. The molecule has 0 N–H and O–H groups in total. The Labute approximate surface area is 131 Å². The van der Waals surface area contributed by atoms with Gasteiger partial charge in [0.2, 0.25) is 0 Å². The summed E-state index contributed by atoms with van der Waals surface area (Å²) in [7, 11) is 3.76. The second-order valence-electron chi connectivity index (χ2n) is 5.70. The maximum atomic E-state index is 5.46. The zero-order valence-corrected chi connectivity index (χ0v) is 13.2. The molecule has 1 aliphatic carbocycles. The summed E-state index contributed by atoms with van der Waals surface area (Å²) in [4.78, 5) is 15.7. The average Bonchev–Trinajstić information content (AvgIpc) is 2.62. The largest absolute Gasteiger partial charge is 0.491 e. The molecule has 5 heteroatoms. The van der Waals surface area contributed by atoms with Gasteiger partial charge in [0, 0.05) is 19.3 Å². The fourth-order valence-electron chi connectivity index (χ4n) is 3.02. The lowest BCUT2D eigenvalue weighted by Crippen LogP contribution is -2.34. The van der Waals surface area contributed by atoms with E-state index in [2.05, 4.69) is 21.9 Å². The van der Waals surface area contributed by atoms with Crippen molar-refractivity contribution in [3.63, 3.8) is 0 Å². The molecule has 0 unspecified atom stereocenters. The van der Waals surface area contributed by atoms with Crippen LogP contribution in [0.3, 0.4) is 0 Å². The third kappa shape index (κ3) is 3.03. The molecular weight excluding hydrogens is 276 g/mol. The summed E-state index contributed by atoms with van der Waals surface area (Å²) in [5, 5.41) is 0. The Morgan fingerprint density at radius 2 is 1.95 bits per heavy atom. The number of rotatable bonds is 4. The van der Waals surface area contributed by atoms with Gasteiger partial charge in [-0.25, -0.2) is 9.97 Å². The Hall–Kier alpha value is -2.17.